The van der Waals surface area contributed by atoms with Gasteiger partial charge in [-0.15, -0.1) is 0 Å². The molecule has 0 saturated heterocycles. The van der Waals surface area contributed by atoms with E-state index in [-0.39, 0.29) is 27.5 Å². The molecule has 2 aromatic carbocycles. The highest BCUT2D eigenvalue weighted by molar-refractivity contribution is 7.92. The number of nitrogens with two attached hydrogens (primary N) is 1. The quantitative estimate of drug-likeness (QED) is 0.430. The lowest BCUT2D eigenvalue weighted by atomic mass is 10.2. The van der Waals surface area contributed by atoms with Crippen LogP contribution >= 0.6 is 11.6 Å². The molecule has 9 nitrogen and oxygen atoms in total. The Morgan fingerprint density at radius 3 is 2.22 bits per heavy atom. The third kappa shape index (κ3) is 4.92. The van der Waals surface area contributed by atoms with Crippen molar-refractivity contribution in [1.82, 2.24) is 9.97 Å². The van der Waals surface area contributed by atoms with E-state index in [0.717, 1.165) is 0 Å². The standard InChI is InChI=1S/C21H22ClN5O4S/c1-12(2)32(29,30)16-7-5-4-6-15(16)25-19-17(22)18(26-21(23)27-19)24-14-10-8-13(9-11-14)20(28)31-3/h4-12H,1-3H3,(H4,23,24,25,26,27). The first-order chi connectivity index (χ1) is 15.1. The van der Waals surface area contributed by atoms with Gasteiger partial charge in [0.15, 0.2) is 21.5 Å². The van der Waals surface area contributed by atoms with Crippen molar-refractivity contribution in [3.05, 3.63) is 59.1 Å². The number of aromatic nitrogens is 2. The Hall–Kier alpha value is -3.37. The van der Waals surface area contributed by atoms with Crippen LogP contribution in [0.5, 0.6) is 0 Å². The van der Waals surface area contributed by atoms with Crippen molar-refractivity contribution in [3.63, 3.8) is 0 Å². The average molecular weight is 476 g/mol. The molecule has 0 aliphatic carbocycles. The maximum absolute atomic E-state index is 12.7. The number of carbonyl (C=O) groups is 1. The predicted molar refractivity (Wildman–Crippen MR) is 125 cm³/mol. The van der Waals surface area contributed by atoms with E-state index < -0.39 is 21.1 Å². The van der Waals surface area contributed by atoms with Crippen LogP contribution in [-0.2, 0) is 14.6 Å². The number of anilines is 5. The molecule has 4 N–H and O–H groups in total. The lowest BCUT2D eigenvalue weighted by Gasteiger charge is -2.16. The Kier molecular flexibility index (Phi) is 6.85. The minimum absolute atomic E-state index is 0.0743. The summed E-state index contributed by atoms with van der Waals surface area (Å²) in [5.41, 5.74) is 7.14. The Morgan fingerprint density at radius 1 is 1.03 bits per heavy atom. The van der Waals surface area contributed by atoms with Gasteiger partial charge in [0.05, 0.1) is 28.5 Å². The smallest absolute Gasteiger partial charge is 0.337 e. The molecule has 11 heteroatoms. The topological polar surface area (TPSA) is 136 Å². The Bertz CT molecular complexity index is 1250. The van der Waals surface area contributed by atoms with Crippen LogP contribution in [-0.4, -0.2) is 36.7 Å². The van der Waals surface area contributed by atoms with Crippen molar-refractivity contribution in [2.24, 2.45) is 0 Å². The molecule has 0 aliphatic heterocycles. The number of nitrogens with one attached hydrogen (secondary N) is 2. The normalized spacial score (nSPS) is 11.3. The van der Waals surface area contributed by atoms with Gasteiger partial charge in [-0.2, -0.15) is 9.97 Å². The fourth-order valence-electron chi connectivity index (χ4n) is 2.77. The van der Waals surface area contributed by atoms with Crippen molar-refractivity contribution < 1.29 is 17.9 Å². The zero-order chi connectivity index (χ0) is 23.5. The molecular formula is C21H22ClN5O4S. The number of ether oxygens (including phenoxy) is 1. The number of hydrogen-bond acceptors (Lipinski definition) is 9. The van der Waals surface area contributed by atoms with Crippen LogP contribution in [0.15, 0.2) is 53.4 Å². The summed E-state index contributed by atoms with van der Waals surface area (Å²) in [6, 6.07) is 12.9. The van der Waals surface area contributed by atoms with Crippen LogP contribution < -0.4 is 16.4 Å². The number of hydrogen-bond donors (Lipinski definition) is 3. The summed E-state index contributed by atoms with van der Waals surface area (Å²) in [7, 11) is -2.25. The van der Waals surface area contributed by atoms with Gasteiger partial charge in [-0.25, -0.2) is 13.2 Å². The Morgan fingerprint density at radius 2 is 1.62 bits per heavy atom. The highest BCUT2D eigenvalue weighted by atomic mass is 35.5. The zero-order valence-corrected chi connectivity index (χ0v) is 19.2. The number of nitrogens with zero attached hydrogens (tertiary/aromatic N) is 2. The van der Waals surface area contributed by atoms with E-state index in [1.54, 1.807) is 56.3 Å². The highest BCUT2D eigenvalue weighted by Gasteiger charge is 2.23. The fourth-order valence-corrected chi connectivity index (χ4v) is 4.15. The molecule has 0 atom stereocenters. The lowest BCUT2D eigenvalue weighted by molar-refractivity contribution is 0.0600. The maximum atomic E-state index is 12.7. The largest absolute Gasteiger partial charge is 0.465 e. The van der Waals surface area contributed by atoms with Crippen LogP contribution in [0.4, 0.5) is 29.0 Å². The summed E-state index contributed by atoms with van der Waals surface area (Å²) >= 11 is 6.48. The van der Waals surface area contributed by atoms with Crippen LogP contribution in [0.3, 0.4) is 0 Å². The van der Waals surface area contributed by atoms with E-state index in [9.17, 15) is 13.2 Å². The minimum Gasteiger partial charge on any atom is -0.465 e. The van der Waals surface area contributed by atoms with Crippen molar-refractivity contribution in [2.75, 3.05) is 23.5 Å². The Balaban J connectivity index is 1.94. The molecule has 0 aliphatic rings. The first-order valence-electron chi connectivity index (χ1n) is 9.52. The monoisotopic (exact) mass is 475 g/mol. The van der Waals surface area contributed by atoms with Gasteiger partial charge in [-0.05, 0) is 50.2 Å². The van der Waals surface area contributed by atoms with E-state index in [0.29, 0.717) is 16.9 Å². The number of benzene rings is 2. The van der Waals surface area contributed by atoms with Gasteiger partial charge in [-0.3, -0.25) is 0 Å². The van der Waals surface area contributed by atoms with Crippen molar-refractivity contribution >= 4 is 56.4 Å². The SMILES string of the molecule is COC(=O)c1ccc(Nc2nc(N)nc(Nc3ccccc3S(=O)(=O)C(C)C)c2Cl)cc1. The van der Waals surface area contributed by atoms with Gasteiger partial charge in [-0.1, -0.05) is 23.7 Å². The molecule has 0 saturated carbocycles. The molecule has 3 rings (SSSR count). The van der Waals surface area contributed by atoms with Crippen molar-refractivity contribution in [3.8, 4) is 0 Å². The molecule has 1 aromatic heterocycles. The van der Waals surface area contributed by atoms with E-state index in [1.807, 2.05) is 0 Å². The lowest BCUT2D eigenvalue weighted by Crippen LogP contribution is -2.16. The maximum Gasteiger partial charge on any atom is 0.337 e. The summed E-state index contributed by atoms with van der Waals surface area (Å²) in [6.07, 6.45) is 0. The molecule has 0 bridgehead atoms. The molecule has 0 fully saturated rings. The van der Waals surface area contributed by atoms with E-state index in [1.165, 1.54) is 13.2 Å². The second-order valence-corrected chi connectivity index (χ2v) is 9.85. The molecule has 0 amide bonds. The van der Waals surface area contributed by atoms with Crippen LogP contribution in [0.2, 0.25) is 5.02 Å². The zero-order valence-electron chi connectivity index (χ0n) is 17.6. The third-order valence-corrected chi connectivity index (χ3v) is 7.07. The molecule has 0 radical (unpaired) electrons. The van der Waals surface area contributed by atoms with Crippen LogP contribution in [0, 0.1) is 0 Å². The highest BCUT2D eigenvalue weighted by Crippen LogP contribution is 2.34. The number of carbonyl (C=O) groups excluding carboxylic acids is 1. The number of sulfone groups is 1. The van der Waals surface area contributed by atoms with Gasteiger partial charge in [0.2, 0.25) is 5.95 Å². The third-order valence-electron chi connectivity index (χ3n) is 4.50. The second kappa shape index (κ2) is 9.41. The molecule has 32 heavy (non-hydrogen) atoms. The molecular weight excluding hydrogens is 454 g/mol. The molecule has 168 valence electrons. The fraction of sp³-hybridized carbons (Fsp3) is 0.190. The van der Waals surface area contributed by atoms with Gasteiger partial charge in [0, 0.05) is 5.69 Å². The van der Waals surface area contributed by atoms with Gasteiger partial charge >= 0.3 is 5.97 Å². The van der Waals surface area contributed by atoms with Gasteiger partial charge < -0.3 is 21.1 Å². The number of esters is 1. The molecule has 1 heterocycles. The number of halogens is 1. The van der Waals surface area contributed by atoms with E-state index in [4.69, 9.17) is 17.3 Å². The average Bonchev–Trinajstić information content (AvgIpc) is 2.77. The molecule has 0 unspecified atom stereocenters. The number of para-hydroxylation sites is 1. The van der Waals surface area contributed by atoms with Crippen molar-refractivity contribution in [1.29, 1.82) is 0 Å². The minimum atomic E-state index is -3.56. The second-order valence-electron chi connectivity index (χ2n) is 7.00. The van der Waals surface area contributed by atoms with Crippen LogP contribution in [0.25, 0.3) is 0 Å². The number of methoxy groups -OCH3 is 1. The molecule has 3 aromatic rings. The summed E-state index contributed by atoms with van der Waals surface area (Å²) in [5.74, 6) is -0.187. The van der Waals surface area contributed by atoms with Gasteiger partial charge in [0.25, 0.3) is 0 Å². The summed E-state index contributed by atoms with van der Waals surface area (Å²) < 4.78 is 30.1. The van der Waals surface area contributed by atoms with Crippen molar-refractivity contribution in [2.45, 2.75) is 24.0 Å². The summed E-state index contributed by atoms with van der Waals surface area (Å²) in [5, 5.41) is 5.47. The predicted octanol–water partition coefficient (Wildman–Crippen LogP) is 4.17. The summed E-state index contributed by atoms with van der Waals surface area (Å²) in [6.45, 7) is 3.21. The Labute approximate surface area is 190 Å². The first-order valence-corrected chi connectivity index (χ1v) is 11.4. The van der Waals surface area contributed by atoms with Gasteiger partial charge in [0.1, 0.15) is 5.02 Å². The van der Waals surface area contributed by atoms with E-state index in [2.05, 4.69) is 25.3 Å². The van der Waals surface area contributed by atoms with Crippen LogP contribution in [0.1, 0.15) is 24.2 Å². The molecule has 0 spiro atoms. The number of nitrogen functional groups attached to an aromatic ring is 1. The first kappa shape index (κ1) is 23.3. The van der Waals surface area contributed by atoms with E-state index >= 15 is 0 Å². The summed E-state index contributed by atoms with van der Waals surface area (Å²) in [4.78, 5) is 19.9. The number of rotatable bonds is 7.